The predicted molar refractivity (Wildman–Crippen MR) is 63.8 cm³/mol. The van der Waals surface area contributed by atoms with Crippen molar-refractivity contribution in [3.8, 4) is 0 Å². The van der Waals surface area contributed by atoms with Crippen LogP contribution in [0.3, 0.4) is 0 Å². The molecule has 4 rings (SSSR count). The van der Waals surface area contributed by atoms with Gasteiger partial charge in [-0.2, -0.15) is 0 Å². The second kappa shape index (κ2) is 2.74. The van der Waals surface area contributed by atoms with Crippen LogP contribution in [-0.4, -0.2) is 12.6 Å². The van der Waals surface area contributed by atoms with Crippen molar-refractivity contribution in [1.29, 1.82) is 0 Å². The third-order valence-corrected chi connectivity index (χ3v) is 5.06. The van der Waals surface area contributed by atoms with Gasteiger partial charge in [-0.05, 0) is 37.3 Å². The van der Waals surface area contributed by atoms with E-state index in [9.17, 15) is 4.79 Å². The summed E-state index contributed by atoms with van der Waals surface area (Å²) in [5.41, 5.74) is 2.83. The van der Waals surface area contributed by atoms with Gasteiger partial charge in [-0.25, -0.2) is 0 Å². The Labute approximate surface area is 101 Å². The lowest BCUT2D eigenvalue weighted by molar-refractivity contribution is -0.151. The summed E-state index contributed by atoms with van der Waals surface area (Å²) in [6.07, 6.45) is 3.35. The third-order valence-electron chi connectivity index (χ3n) is 5.06. The van der Waals surface area contributed by atoms with Crippen LogP contribution < -0.4 is 0 Å². The van der Waals surface area contributed by atoms with E-state index in [1.807, 2.05) is 6.92 Å². The zero-order valence-electron chi connectivity index (χ0n) is 10.0. The van der Waals surface area contributed by atoms with E-state index in [0.717, 1.165) is 6.42 Å². The van der Waals surface area contributed by atoms with Gasteiger partial charge in [0, 0.05) is 11.3 Å². The van der Waals surface area contributed by atoms with Gasteiger partial charge in [0.15, 0.2) is 0 Å². The van der Waals surface area contributed by atoms with Gasteiger partial charge in [0.2, 0.25) is 0 Å². The molecule has 2 heteroatoms. The van der Waals surface area contributed by atoms with Crippen molar-refractivity contribution >= 4 is 5.97 Å². The molecule has 1 spiro atoms. The highest BCUT2D eigenvalue weighted by molar-refractivity contribution is 5.88. The number of carbonyl (C=O) groups is 1. The topological polar surface area (TPSA) is 26.3 Å². The Morgan fingerprint density at radius 2 is 2.18 bits per heavy atom. The smallest absolute Gasteiger partial charge is 0.313 e. The van der Waals surface area contributed by atoms with E-state index < -0.39 is 0 Å². The average molecular weight is 228 g/mol. The maximum atomic E-state index is 12.3. The van der Waals surface area contributed by atoms with Gasteiger partial charge in [0.05, 0.1) is 12.0 Å². The molecule has 3 aliphatic rings. The second-order valence-corrected chi connectivity index (χ2v) is 5.62. The first-order valence-corrected chi connectivity index (χ1v) is 6.53. The molecule has 17 heavy (non-hydrogen) atoms. The van der Waals surface area contributed by atoms with Crippen LogP contribution in [0.5, 0.6) is 0 Å². The van der Waals surface area contributed by atoms with Crippen molar-refractivity contribution in [2.24, 2.45) is 5.41 Å². The molecule has 2 nitrogen and oxygen atoms in total. The van der Waals surface area contributed by atoms with E-state index in [1.165, 1.54) is 24.0 Å². The lowest BCUT2D eigenvalue weighted by Gasteiger charge is -2.22. The van der Waals surface area contributed by atoms with E-state index in [4.69, 9.17) is 4.74 Å². The minimum Gasteiger partial charge on any atom is -0.466 e. The predicted octanol–water partition coefficient (Wildman–Crippen LogP) is 2.77. The lowest BCUT2D eigenvalue weighted by atomic mass is 9.83. The number of hydrogen-bond acceptors (Lipinski definition) is 2. The Balaban J connectivity index is 1.83. The highest BCUT2D eigenvalue weighted by atomic mass is 16.5. The molecule has 3 aliphatic carbocycles. The fourth-order valence-electron chi connectivity index (χ4n) is 4.17. The molecule has 0 aliphatic heterocycles. The van der Waals surface area contributed by atoms with Crippen molar-refractivity contribution in [1.82, 2.24) is 0 Å². The molecular formula is C15H16O2. The minimum atomic E-state index is -0.174. The third kappa shape index (κ3) is 0.885. The number of benzene rings is 1. The maximum Gasteiger partial charge on any atom is 0.313 e. The van der Waals surface area contributed by atoms with Crippen LogP contribution in [0.15, 0.2) is 24.3 Å². The van der Waals surface area contributed by atoms with Crippen LogP contribution in [0.1, 0.15) is 43.2 Å². The molecule has 0 heterocycles. The quantitative estimate of drug-likeness (QED) is 0.727. The maximum absolute atomic E-state index is 12.3. The summed E-state index contributed by atoms with van der Waals surface area (Å²) in [5, 5.41) is 0. The molecule has 2 atom stereocenters. The number of hydrogen-bond donors (Lipinski definition) is 0. The monoisotopic (exact) mass is 228 g/mol. The van der Waals surface area contributed by atoms with Crippen LogP contribution in [-0.2, 0) is 14.9 Å². The first kappa shape index (κ1) is 9.69. The van der Waals surface area contributed by atoms with E-state index in [2.05, 4.69) is 24.3 Å². The highest BCUT2D eigenvalue weighted by Gasteiger charge is 2.81. The molecule has 1 aromatic rings. The summed E-state index contributed by atoms with van der Waals surface area (Å²) in [7, 11) is 0. The molecule has 0 aromatic heterocycles. The van der Waals surface area contributed by atoms with Gasteiger partial charge in [-0.15, -0.1) is 0 Å². The molecule has 2 fully saturated rings. The van der Waals surface area contributed by atoms with E-state index in [0.29, 0.717) is 12.5 Å². The molecule has 0 bridgehead atoms. The molecule has 1 aromatic carbocycles. The van der Waals surface area contributed by atoms with E-state index in [1.54, 1.807) is 0 Å². The van der Waals surface area contributed by atoms with Crippen LogP contribution in [0.25, 0.3) is 0 Å². The normalized spacial score (nSPS) is 34.1. The van der Waals surface area contributed by atoms with Crippen molar-refractivity contribution in [2.45, 2.75) is 37.5 Å². The number of fused-ring (bicyclic) bond motifs is 5. The van der Waals surface area contributed by atoms with Gasteiger partial charge in [0.25, 0.3) is 0 Å². The van der Waals surface area contributed by atoms with Crippen LogP contribution >= 0.6 is 0 Å². The number of carbonyl (C=O) groups excluding carboxylic acids is 1. The molecule has 88 valence electrons. The number of esters is 1. The SMILES string of the molecule is CCOC(=O)[C@@]12C[C@@H]1c1ccccc1C21CC1. The number of rotatable bonds is 2. The Morgan fingerprint density at radius 3 is 2.88 bits per heavy atom. The molecule has 0 radical (unpaired) electrons. The second-order valence-electron chi connectivity index (χ2n) is 5.62. The first-order chi connectivity index (χ1) is 8.26. The summed E-state index contributed by atoms with van der Waals surface area (Å²) >= 11 is 0. The zero-order valence-corrected chi connectivity index (χ0v) is 10.0. The van der Waals surface area contributed by atoms with Crippen LogP contribution in [0.2, 0.25) is 0 Å². The van der Waals surface area contributed by atoms with Gasteiger partial charge >= 0.3 is 5.97 Å². The number of ether oxygens (including phenoxy) is 1. The fourth-order valence-corrected chi connectivity index (χ4v) is 4.17. The van der Waals surface area contributed by atoms with Gasteiger partial charge in [-0.1, -0.05) is 24.3 Å². The van der Waals surface area contributed by atoms with Crippen molar-refractivity contribution in [3.05, 3.63) is 35.4 Å². The molecule has 2 saturated carbocycles. The Bertz CT molecular complexity index is 515. The molecular weight excluding hydrogens is 212 g/mol. The molecule has 0 saturated heterocycles. The van der Waals surface area contributed by atoms with E-state index >= 15 is 0 Å². The Kier molecular flexibility index (Phi) is 1.56. The van der Waals surface area contributed by atoms with Crippen molar-refractivity contribution < 1.29 is 9.53 Å². The van der Waals surface area contributed by atoms with Crippen LogP contribution in [0.4, 0.5) is 0 Å². The lowest BCUT2D eigenvalue weighted by Crippen LogP contribution is -2.30. The summed E-state index contributed by atoms with van der Waals surface area (Å²) in [5.74, 6) is 0.499. The molecule has 0 unspecified atom stereocenters. The molecule has 0 amide bonds. The van der Waals surface area contributed by atoms with Gasteiger partial charge in [0.1, 0.15) is 0 Å². The standard InChI is InChI=1S/C15H16O2/c1-2-17-13(16)15-9-12(15)10-5-3-4-6-11(10)14(15)7-8-14/h3-6,12H,2,7-9H2,1H3/t12-,15-/m1/s1. The van der Waals surface area contributed by atoms with Crippen molar-refractivity contribution in [3.63, 3.8) is 0 Å². The Morgan fingerprint density at radius 1 is 1.41 bits per heavy atom. The van der Waals surface area contributed by atoms with Gasteiger partial charge < -0.3 is 4.74 Å². The van der Waals surface area contributed by atoms with E-state index in [-0.39, 0.29) is 16.8 Å². The summed E-state index contributed by atoms with van der Waals surface area (Å²) < 4.78 is 5.34. The fraction of sp³-hybridized carbons (Fsp3) is 0.533. The zero-order chi connectivity index (χ0) is 11.7. The average Bonchev–Trinajstić information content (AvgIpc) is 3.21. The highest BCUT2D eigenvalue weighted by Crippen LogP contribution is 2.82. The summed E-state index contributed by atoms with van der Waals surface area (Å²) in [6, 6.07) is 8.61. The summed E-state index contributed by atoms with van der Waals surface area (Å²) in [6.45, 7) is 2.40. The summed E-state index contributed by atoms with van der Waals surface area (Å²) in [4.78, 5) is 12.3. The van der Waals surface area contributed by atoms with Crippen LogP contribution in [0, 0.1) is 5.41 Å². The first-order valence-electron chi connectivity index (χ1n) is 6.53. The van der Waals surface area contributed by atoms with Crippen molar-refractivity contribution in [2.75, 3.05) is 6.61 Å². The van der Waals surface area contributed by atoms with Gasteiger partial charge in [-0.3, -0.25) is 4.79 Å². The molecule has 0 N–H and O–H groups in total. The Hall–Kier alpha value is -1.31. The largest absolute Gasteiger partial charge is 0.466 e. The minimum absolute atomic E-state index is 0.0544.